The molecule has 0 heterocycles. The molecule has 0 saturated carbocycles. The zero-order valence-corrected chi connectivity index (χ0v) is 10.9. The number of hydrogen-bond donors (Lipinski definition) is 0. The van der Waals surface area contributed by atoms with Crippen LogP contribution in [0.25, 0.3) is 0 Å². The molecule has 0 fully saturated rings. The molecule has 0 aromatic heterocycles. The third-order valence-corrected chi connectivity index (χ3v) is 1.24. The summed E-state index contributed by atoms with van der Waals surface area (Å²) in [5.41, 5.74) is 0.976. The van der Waals surface area contributed by atoms with E-state index in [2.05, 4.69) is 11.7 Å². The van der Waals surface area contributed by atoms with Crippen molar-refractivity contribution in [1.29, 1.82) is 0 Å². The summed E-state index contributed by atoms with van der Waals surface area (Å²) in [6.45, 7) is 3.40. The van der Waals surface area contributed by atoms with E-state index in [0.717, 1.165) is 22.9 Å². The number of ether oxygens (including phenoxy) is 1. The second-order valence-corrected chi connectivity index (χ2v) is 2.15. The second kappa shape index (κ2) is 8.09. The Balaban J connectivity index is 0.000000671. The van der Waals surface area contributed by atoms with Gasteiger partial charge in [-0.05, 0) is 5.56 Å². The summed E-state index contributed by atoms with van der Waals surface area (Å²) in [5, 5.41) is 0. The Morgan fingerprint density at radius 3 is 2.38 bits per heavy atom. The van der Waals surface area contributed by atoms with E-state index in [0.29, 0.717) is 6.61 Å². The van der Waals surface area contributed by atoms with E-state index >= 15 is 0 Å². The molecule has 0 aliphatic heterocycles. The van der Waals surface area contributed by atoms with Crippen LogP contribution in [0.15, 0.2) is 30.3 Å². The Bertz CT molecular complexity index is 239. The van der Waals surface area contributed by atoms with Crippen molar-refractivity contribution in [2.45, 2.75) is 6.61 Å². The predicted octanol–water partition coefficient (Wildman–Crippen LogP) is 2.25. The fourth-order valence-corrected chi connectivity index (χ4v) is 0.738. The third kappa shape index (κ3) is 6.62. The van der Waals surface area contributed by atoms with Crippen molar-refractivity contribution in [2.75, 3.05) is 0 Å². The fourth-order valence-electron chi connectivity index (χ4n) is 0.738. The van der Waals surface area contributed by atoms with Crippen molar-refractivity contribution >= 4 is 15.7 Å². The molecule has 0 aliphatic carbocycles. The number of carbonyl (C=O) groups is 1. The van der Waals surface area contributed by atoms with Crippen molar-refractivity contribution < 1.29 is 26.8 Å². The number of hydrogen-bond acceptors (Lipinski definition) is 2. The van der Waals surface area contributed by atoms with Crippen LogP contribution < -0.4 is 0 Å². The van der Waals surface area contributed by atoms with Gasteiger partial charge in [0.25, 0.3) is 0 Å². The van der Waals surface area contributed by atoms with Gasteiger partial charge in [-0.2, -0.15) is 0 Å². The van der Waals surface area contributed by atoms with E-state index in [4.69, 9.17) is 9.69 Å². The normalized spacial score (nSPS) is 8.23. The van der Waals surface area contributed by atoms with Crippen LogP contribution in [0.3, 0.4) is 0 Å². The van der Waals surface area contributed by atoms with Crippen molar-refractivity contribution in [2.24, 2.45) is 0 Å². The average molecular weight is 250 g/mol. The molecule has 13 heavy (non-hydrogen) atoms. The molecule has 1 aromatic rings. The molecule has 1 rings (SSSR count). The summed E-state index contributed by atoms with van der Waals surface area (Å²) >= 11 is 0.847. The maximum atomic E-state index is 10.3. The van der Waals surface area contributed by atoms with Crippen molar-refractivity contribution in [3.05, 3.63) is 42.8 Å². The molecule has 66 valence electrons. The Kier molecular flexibility index (Phi) is 7.76. The van der Waals surface area contributed by atoms with Crippen LogP contribution in [-0.2, 0) is 33.4 Å². The van der Waals surface area contributed by atoms with E-state index in [1.54, 1.807) is 0 Å². The first kappa shape index (κ1) is 12.5. The number of halogens is 1. The molecule has 0 radical (unpaired) electrons. The van der Waals surface area contributed by atoms with Gasteiger partial charge >= 0.3 is 27.0 Å². The van der Waals surface area contributed by atoms with Gasteiger partial charge in [0.2, 0.25) is 0 Å². The van der Waals surface area contributed by atoms with E-state index in [9.17, 15) is 4.79 Å². The quantitative estimate of drug-likeness (QED) is 0.457. The topological polar surface area (TPSA) is 26.3 Å². The van der Waals surface area contributed by atoms with Crippen LogP contribution in [-0.4, -0.2) is 5.97 Å². The van der Waals surface area contributed by atoms with Crippen molar-refractivity contribution in [3.8, 4) is 0 Å². The third-order valence-electron chi connectivity index (χ3n) is 1.24. The van der Waals surface area contributed by atoms with E-state index in [-0.39, 0.29) is 0 Å². The minimum atomic E-state index is -0.492. The van der Waals surface area contributed by atoms with Crippen LogP contribution >= 0.6 is 9.69 Å². The molecule has 1 aromatic carbocycles. The van der Waals surface area contributed by atoms with Crippen LogP contribution in [0.5, 0.6) is 0 Å². The van der Waals surface area contributed by atoms with Crippen LogP contribution in [0.2, 0.25) is 0 Å². The monoisotopic (exact) mass is 248 g/mol. The summed E-state index contributed by atoms with van der Waals surface area (Å²) in [4.78, 5) is 10.3. The minimum absolute atomic E-state index is 0.309. The Morgan fingerprint density at radius 1 is 1.38 bits per heavy atom. The number of carbonyl (C=O) groups excluding carboxylic acids is 1. The molecule has 4 heteroatoms. The average Bonchev–Trinajstić information content (AvgIpc) is 2.19. The molecule has 2 nitrogen and oxygen atoms in total. The molecule has 0 atom stereocenters. The fraction of sp³-hybridized carbons (Fsp3) is 0.111. The molecule has 0 amide bonds. The zero-order valence-electron chi connectivity index (χ0n) is 7.20. The van der Waals surface area contributed by atoms with Crippen molar-refractivity contribution in [1.82, 2.24) is 0 Å². The van der Waals surface area contributed by atoms with Gasteiger partial charge in [-0.25, -0.2) is 0 Å². The van der Waals surface area contributed by atoms with Gasteiger partial charge in [-0.15, -0.1) is 0 Å². The number of esters is 1. The number of benzene rings is 1. The molecule has 0 aliphatic rings. The van der Waals surface area contributed by atoms with Gasteiger partial charge < -0.3 is 4.74 Å². The van der Waals surface area contributed by atoms with Gasteiger partial charge in [0.15, 0.2) is 5.97 Å². The van der Waals surface area contributed by atoms with Gasteiger partial charge in [0.05, 0.1) is 0 Å². The number of rotatable bonds is 2. The molecule has 0 unspecified atom stereocenters. The molecular formula is C9H9ClO2Zn. The first-order chi connectivity index (χ1) is 6.29. The van der Waals surface area contributed by atoms with Crippen LogP contribution in [0, 0.1) is 6.92 Å². The zero-order chi connectivity index (χ0) is 10.1. The Morgan fingerprint density at radius 2 is 1.92 bits per heavy atom. The van der Waals surface area contributed by atoms with Crippen molar-refractivity contribution in [3.63, 3.8) is 0 Å². The second-order valence-electron chi connectivity index (χ2n) is 2.15. The SMILES string of the molecule is [CH2-]C(=O)OCc1ccccc1.[Cl][Zn+]. The summed E-state index contributed by atoms with van der Waals surface area (Å²) in [7, 11) is 4.76. The molecular weight excluding hydrogens is 241 g/mol. The molecule has 0 saturated heterocycles. The Hall–Kier alpha value is -0.527. The van der Waals surface area contributed by atoms with E-state index in [1.807, 2.05) is 30.3 Å². The molecule has 0 spiro atoms. The summed E-state index contributed by atoms with van der Waals surface area (Å²) in [6.07, 6.45) is 0. The molecule has 0 N–H and O–H groups in total. The van der Waals surface area contributed by atoms with Gasteiger partial charge in [0.1, 0.15) is 6.61 Å². The van der Waals surface area contributed by atoms with E-state index < -0.39 is 5.97 Å². The van der Waals surface area contributed by atoms with Gasteiger partial charge in [-0.3, -0.25) is 11.7 Å². The molecule has 0 bridgehead atoms. The maximum absolute atomic E-state index is 10.3. The summed E-state index contributed by atoms with van der Waals surface area (Å²) < 4.78 is 4.68. The predicted molar refractivity (Wildman–Crippen MR) is 47.4 cm³/mol. The first-order valence-corrected chi connectivity index (χ1v) is 7.48. The van der Waals surface area contributed by atoms with E-state index in [1.165, 1.54) is 0 Å². The standard InChI is InChI=1S/C9H9O2.ClH.Zn/c1-8(10)11-7-9-5-3-2-4-6-9;;/h2-6H,1,7H2;1H;/q-1;;+2/p-1. The Labute approximate surface area is 92.0 Å². The first-order valence-electron chi connectivity index (χ1n) is 3.58. The summed E-state index contributed by atoms with van der Waals surface area (Å²) in [6, 6.07) is 9.49. The van der Waals surface area contributed by atoms with Gasteiger partial charge in [0, 0.05) is 0 Å². The summed E-state index contributed by atoms with van der Waals surface area (Å²) in [5.74, 6) is -0.492. The van der Waals surface area contributed by atoms with Crippen LogP contribution in [0.1, 0.15) is 5.56 Å². The van der Waals surface area contributed by atoms with Crippen LogP contribution in [0.4, 0.5) is 0 Å². The van der Waals surface area contributed by atoms with Gasteiger partial charge in [-0.1, -0.05) is 30.3 Å².